The van der Waals surface area contributed by atoms with Crippen LogP contribution < -0.4 is 10.6 Å². The molecule has 2 N–H and O–H groups in total. The molecule has 2 rings (SSSR count). The number of hydrogen-bond donors (Lipinski definition) is 2. The molecule has 0 radical (unpaired) electrons. The molecule has 0 atom stereocenters. The van der Waals surface area contributed by atoms with Gasteiger partial charge in [-0.1, -0.05) is 33.6 Å². The van der Waals surface area contributed by atoms with Gasteiger partial charge in [0.05, 0.1) is 15.6 Å². The van der Waals surface area contributed by atoms with Crippen molar-refractivity contribution in [2.45, 2.75) is 4.90 Å². The van der Waals surface area contributed by atoms with E-state index in [1.807, 2.05) is 6.07 Å². The quantitative estimate of drug-likeness (QED) is 0.688. The number of nitrogens with zero attached hydrogens (tertiary/aromatic N) is 1. The van der Waals surface area contributed by atoms with Gasteiger partial charge in [0.15, 0.2) is 5.11 Å². The molecule has 128 valence electrons. The van der Waals surface area contributed by atoms with Gasteiger partial charge in [0.25, 0.3) is 0 Å². The van der Waals surface area contributed by atoms with Gasteiger partial charge in [-0.15, -0.1) is 0 Å². The molecule has 0 unspecified atom stereocenters. The molecule has 0 aliphatic carbocycles. The van der Waals surface area contributed by atoms with E-state index in [0.717, 1.165) is 8.78 Å². The number of benzene rings is 2. The Labute approximate surface area is 160 Å². The summed E-state index contributed by atoms with van der Waals surface area (Å²) < 4.78 is 26.3. The van der Waals surface area contributed by atoms with E-state index >= 15 is 0 Å². The van der Waals surface area contributed by atoms with Gasteiger partial charge in [-0.25, -0.2) is 12.7 Å². The Bertz CT molecular complexity index is 873. The summed E-state index contributed by atoms with van der Waals surface area (Å²) >= 11 is 14.7. The summed E-state index contributed by atoms with van der Waals surface area (Å²) in [4.78, 5) is 0.182. The highest BCUT2D eigenvalue weighted by Crippen LogP contribution is 2.26. The van der Waals surface area contributed by atoms with E-state index in [2.05, 4.69) is 26.6 Å². The second-order valence-corrected chi connectivity index (χ2v) is 8.90. The number of anilines is 2. The normalized spacial score (nSPS) is 11.4. The summed E-state index contributed by atoms with van der Waals surface area (Å²) in [5.74, 6) is 0. The molecule has 0 fully saturated rings. The van der Waals surface area contributed by atoms with Gasteiger partial charge in [-0.05, 0) is 48.6 Å². The summed E-state index contributed by atoms with van der Waals surface area (Å²) in [6.07, 6.45) is 0. The molecular formula is C15H15BrClN3O2S2. The number of hydrogen-bond acceptors (Lipinski definition) is 3. The van der Waals surface area contributed by atoms with Crippen molar-refractivity contribution in [1.29, 1.82) is 0 Å². The van der Waals surface area contributed by atoms with Crippen LogP contribution in [-0.4, -0.2) is 31.9 Å². The molecule has 2 aromatic rings. The Morgan fingerprint density at radius 3 is 2.50 bits per heavy atom. The highest BCUT2D eigenvalue weighted by Gasteiger charge is 2.17. The standard InChI is InChI=1S/C15H15BrClN3O2S2/c1-20(2)24(21,22)12-5-3-4-11(9-12)18-15(23)19-14-7-6-10(16)8-13(14)17/h3-9H,1-2H3,(H2,18,19,23). The van der Waals surface area contributed by atoms with Gasteiger partial charge in [0, 0.05) is 24.3 Å². The third-order valence-corrected chi connectivity index (χ3v) is 5.87. The molecule has 0 saturated carbocycles. The molecule has 0 saturated heterocycles. The highest BCUT2D eigenvalue weighted by atomic mass is 79.9. The van der Waals surface area contributed by atoms with E-state index in [0.29, 0.717) is 21.5 Å². The molecule has 24 heavy (non-hydrogen) atoms. The SMILES string of the molecule is CN(C)S(=O)(=O)c1cccc(NC(=S)Nc2ccc(Br)cc2Cl)c1. The van der Waals surface area contributed by atoms with Crippen LogP contribution in [0.1, 0.15) is 0 Å². The van der Waals surface area contributed by atoms with Gasteiger partial charge in [0.2, 0.25) is 10.0 Å². The molecule has 0 aliphatic heterocycles. The molecule has 2 aromatic carbocycles. The molecule has 0 amide bonds. The predicted molar refractivity (Wildman–Crippen MR) is 106 cm³/mol. The van der Waals surface area contributed by atoms with Crippen LogP contribution in [0.2, 0.25) is 5.02 Å². The lowest BCUT2D eigenvalue weighted by Crippen LogP contribution is -2.23. The molecule has 0 spiro atoms. The molecule has 0 aromatic heterocycles. The van der Waals surface area contributed by atoms with Gasteiger partial charge in [0.1, 0.15) is 0 Å². The van der Waals surface area contributed by atoms with Crippen LogP contribution in [0.25, 0.3) is 0 Å². The third kappa shape index (κ3) is 4.67. The Hall–Kier alpha value is -1.19. The first-order chi connectivity index (χ1) is 11.2. The predicted octanol–water partition coefficient (Wildman–Crippen LogP) is 4.16. The second-order valence-electron chi connectivity index (χ2n) is 5.02. The third-order valence-electron chi connectivity index (χ3n) is 3.05. The van der Waals surface area contributed by atoms with Crippen LogP contribution in [0.3, 0.4) is 0 Å². The monoisotopic (exact) mass is 447 g/mol. The van der Waals surface area contributed by atoms with E-state index in [1.54, 1.807) is 24.3 Å². The van der Waals surface area contributed by atoms with Crippen LogP contribution >= 0.6 is 39.7 Å². The van der Waals surface area contributed by atoms with E-state index < -0.39 is 10.0 Å². The van der Waals surface area contributed by atoms with Crippen molar-refractivity contribution in [2.75, 3.05) is 24.7 Å². The zero-order valence-corrected chi connectivity index (χ0v) is 16.9. The van der Waals surface area contributed by atoms with Crippen LogP contribution in [0.15, 0.2) is 51.8 Å². The first-order valence-corrected chi connectivity index (χ1v) is 9.78. The minimum atomic E-state index is -3.50. The number of rotatable bonds is 4. The smallest absolute Gasteiger partial charge is 0.242 e. The van der Waals surface area contributed by atoms with Gasteiger partial charge >= 0.3 is 0 Å². The molecule has 0 aliphatic rings. The van der Waals surface area contributed by atoms with Crippen molar-refractivity contribution in [3.05, 3.63) is 52.0 Å². The topological polar surface area (TPSA) is 61.4 Å². The Kier molecular flexibility index (Phi) is 6.22. The summed E-state index contributed by atoms with van der Waals surface area (Å²) in [7, 11) is -0.536. The van der Waals surface area contributed by atoms with Crippen LogP contribution in [0.5, 0.6) is 0 Å². The first-order valence-electron chi connectivity index (χ1n) is 6.76. The van der Waals surface area contributed by atoms with Crippen molar-refractivity contribution in [1.82, 2.24) is 4.31 Å². The fraction of sp³-hybridized carbons (Fsp3) is 0.133. The Morgan fingerprint density at radius 1 is 1.17 bits per heavy atom. The number of halogens is 2. The lowest BCUT2D eigenvalue weighted by Gasteiger charge is -2.14. The summed E-state index contributed by atoms with van der Waals surface area (Å²) in [5.41, 5.74) is 1.21. The number of sulfonamides is 1. The molecular weight excluding hydrogens is 434 g/mol. The fourth-order valence-electron chi connectivity index (χ4n) is 1.82. The molecule has 0 bridgehead atoms. The maximum absolute atomic E-state index is 12.2. The molecule has 0 heterocycles. The Balaban J connectivity index is 2.15. The summed E-state index contributed by atoms with van der Waals surface area (Å²) in [5, 5.41) is 6.74. The van der Waals surface area contributed by atoms with E-state index in [9.17, 15) is 8.42 Å². The average molecular weight is 449 g/mol. The highest BCUT2D eigenvalue weighted by molar-refractivity contribution is 9.10. The van der Waals surface area contributed by atoms with E-state index in [4.69, 9.17) is 23.8 Å². The van der Waals surface area contributed by atoms with E-state index in [1.165, 1.54) is 26.2 Å². The Morgan fingerprint density at radius 2 is 1.88 bits per heavy atom. The largest absolute Gasteiger partial charge is 0.332 e. The van der Waals surface area contributed by atoms with Gasteiger partial charge < -0.3 is 10.6 Å². The lowest BCUT2D eigenvalue weighted by atomic mass is 10.3. The van der Waals surface area contributed by atoms with Crippen molar-refractivity contribution in [2.24, 2.45) is 0 Å². The van der Waals surface area contributed by atoms with Gasteiger partial charge in [-0.2, -0.15) is 0 Å². The maximum Gasteiger partial charge on any atom is 0.242 e. The van der Waals surface area contributed by atoms with Crippen molar-refractivity contribution >= 4 is 66.3 Å². The number of nitrogens with one attached hydrogen (secondary N) is 2. The summed E-state index contributed by atoms with van der Waals surface area (Å²) in [6.45, 7) is 0. The minimum Gasteiger partial charge on any atom is -0.332 e. The minimum absolute atomic E-state index is 0.182. The summed E-state index contributed by atoms with van der Waals surface area (Å²) in [6, 6.07) is 11.8. The molecule has 5 nitrogen and oxygen atoms in total. The van der Waals surface area contributed by atoms with Crippen LogP contribution in [-0.2, 0) is 10.0 Å². The fourth-order valence-corrected chi connectivity index (χ4v) is 3.72. The molecule has 9 heteroatoms. The van der Waals surface area contributed by atoms with Crippen LogP contribution in [0.4, 0.5) is 11.4 Å². The average Bonchev–Trinajstić information content (AvgIpc) is 2.50. The van der Waals surface area contributed by atoms with E-state index in [-0.39, 0.29) is 4.90 Å². The van der Waals surface area contributed by atoms with Crippen molar-refractivity contribution in [3.8, 4) is 0 Å². The maximum atomic E-state index is 12.2. The van der Waals surface area contributed by atoms with Gasteiger partial charge in [-0.3, -0.25) is 0 Å². The van der Waals surface area contributed by atoms with Crippen molar-refractivity contribution < 1.29 is 8.42 Å². The number of thiocarbonyl (C=S) groups is 1. The first kappa shape index (κ1) is 19.1. The van der Waals surface area contributed by atoms with Crippen molar-refractivity contribution in [3.63, 3.8) is 0 Å². The zero-order valence-electron chi connectivity index (χ0n) is 12.9. The lowest BCUT2D eigenvalue weighted by molar-refractivity contribution is 0.521. The van der Waals surface area contributed by atoms with Crippen LogP contribution in [0, 0.1) is 0 Å². The zero-order chi connectivity index (χ0) is 17.9. The second kappa shape index (κ2) is 7.79.